The van der Waals surface area contributed by atoms with Crippen molar-refractivity contribution in [3.63, 3.8) is 0 Å². The smallest absolute Gasteiger partial charge is 0.338 e. The maximum atomic E-state index is 11.8. The van der Waals surface area contributed by atoms with Crippen LogP contribution in [0.15, 0.2) is 36.4 Å². The van der Waals surface area contributed by atoms with Gasteiger partial charge in [0.05, 0.1) is 23.5 Å². The normalized spacial score (nSPS) is 10.3. The van der Waals surface area contributed by atoms with Gasteiger partial charge in [0.15, 0.2) is 0 Å². The van der Waals surface area contributed by atoms with Gasteiger partial charge in [-0.1, -0.05) is 24.6 Å². The predicted molar refractivity (Wildman–Crippen MR) is 90.9 cm³/mol. The molecule has 0 atom stereocenters. The lowest BCUT2D eigenvalue weighted by molar-refractivity contribution is 0.0505. The number of nitrogens with one attached hydrogen (secondary N) is 1. The van der Waals surface area contributed by atoms with E-state index >= 15 is 0 Å². The highest BCUT2D eigenvalue weighted by molar-refractivity contribution is 6.30. The van der Waals surface area contributed by atoms with Crippen LogP contribution >= 0.6 is 11.6 Å². The molecule has 0 spiro atoms. The Morgan fingerprint density at radius 1 is 1.23 bits per heavy atom. The van der Waals surface area contributed by atoms with E-state index in [0.717, 1.165) is 23.4 Å². The van der Waals surface area contributed by atoms with Crippen LogP contribution in [0.1, 0.15) is 29.3 Å². The number of benzene rings is 2. The molecule has 0 aliphatic heterocycles. The Bertz CT molecular complexity index is 686. The molecule has 2 aromatic rings. The third-order valence-electron chi connectivity index (χ3n) is 3.19. The van der Waals surface area contributed by atoms with E-state index in [0.29, 0.717) is 22.9 Å². The van der Waals surface area contributed by atoms with E-state index in [2.05, 4.69) is 5.32 Å². The fraction of sp³-hybridized carbons (Fsp3) is 0.235. The minimum Gasteiger partial charge on any atom is -0.462 e. The zero-order chi connectivity index (χ0) is 16.1. The van der Waals surface area contributed by atoms with Gasteiger partial charge >= 0.3 is 5.97 Å². The summed E-state index contributed by atoms with van der Waals surface area (Å²) in [4.78, 5) is 11.8. The van der Waals surface area contributed by atoms with E-state index in [4.69, 9.17) is 22.1 Å². The van der Waals surface area contributed by atoms with Crippen molar-refractivity contribution in [3.05, 3.63) is 52.5 Å². The predicted octanol–water partition coefficient (Wildman–Crippen LogP) is 4.54. The molecule has 116 valence electrons. The van der Waals surface area contributed by atoms with Crippen LogP contribution in [-0.2, 0) is 4.74 Å². The topological polar surface area (TPSA) is 64.3 Å². The summed E-state index contributed by atoms with van der Waals surface area (Å²) in [5.41, 5.74) is 9.59. The number of hydrogen-bond acceptors (Lipinski definition) is 4. The van der Waals surface area contributed by atoms with Crippen LogP contribution < -0.4 is 11.1 Å². The van der Waals surface area contributed by atoms with Crippen molar-refractivity contribution in [2.24, 2.45) is 0 Å². The van der Waals surface area contributed by atoms with Gasteiger partial charge in [-0.2, -0.15) is 0 Å². The monoisotopic (exact) mass is 318 g/mol. The second kappa shape index (κ2) is 7.18. The van der Waals surface area contributed by atoms with Gasteiger partial charge in [0.1, 0.15) is 0 Å². The fourth-order valence-electron chi connectivity index (χ4n) is 1.96. The first-order chi connectivity index (χ1) is 10.5. The van der Waals surface area contributed by atoms with Crippen molar-refractivity contribution >= 4 is 34.6 Å². The second-order valence-corrected chi connectivity index (χ2v) is 5.46. The number of esters is 1. The van der Waals surface area contributed by atoms with Crippen LogP contribution in [0, 0.1) is 6.92 Å². The molecule has 2 rings (SSSR count). The summed E-state index contributed by atoms with van der Waals surface area (Å²) in [5, 5.41) is 3.87. The maximum absolute atomic E-state index is 11.8. The molecular weight excluding hydrogens is 300 g/mol. The summed E-state index contributed by atoms with van der Waals surface area (Å²) in [5.74, 6) is -0.362. The molecule has 0 saturated carbocycles. The minimum absolute atomic E-state index is 0.362. The van der Waals surface area contributed by atoms with Crippen LogP contribution in [-0.4, -0.2) is 12.6 Å². The molecule has 3 N–H and O–H groups in total. The lowest BCUT2D eigenvalue weighted by Crippen LogP contribution is -2.07. The summed E-state index contributed by atoms with van der Waals surface area (Å²) in [7, 11) is 0. The van der Waals surface area contributed by atoms with E-state index in [1.807, 2.05) is 32.0 Å². The maximum Gasteiger partial charge on any atom is 0.338 e. The standard InChI is InChI=1S/C17H19ClN2O2/c1-3-8-22-17(21)12-5-7-15(14(19)9-12)20-16-10-13(18)6-4-11(16)2/h4-7,9-10,20H,3,8,19H2,1-2H3. The summed E-state index contributed by atoms with van der Waals surface area (Å²) in [6.45, 7) is 4.33. The van der Waals surface area contributed by atoms with Crippen molar-refractivity contribution in [2.75, 3.05) is 17.7 Å². The highest BCUT2D eigenvalue weighted by Crippen LogP contribution is 2.28. The number of halogens is 1. The lowest BCUT2D eigenvalue weighted by Gasteiger charge is -2.13. The molecule has 0 radical (unpaired) electrons. The van der Waals surface area contributed by atoms with Crippen molar-refractivity contribution in [1.82, 2.24) is 0 Å². The van der Waals surface area contributed by atoms with Crippen LogP contribution in [0.2, 0.25) is 5.02 Å². The Hall–Kier alpha value is -2.20. The Morgan fingerprint density at radius 3 is 2.68 bits per heavy atom. The van der Waals surface area contributed by atoms with E-state index in [9.17, 15) is 4.79 Å². The Balaban J connectivity index is 2.19. The minimum atomic E-state index is -0.362. The molecule has 0 aromatic heterocycles. The van der Waals surface area contributed by atoms with E-state index in [-0.39, 0.29) is 5.97 Å². The van der Waals surface area contributed by atoms with Crippen molar-refractivity contribution in [3.8, 4) is 0 Å². The second-order valence-electron chi connectivity index (χ2n) is 5.02. The summed E-state index contributed by atoms with van der Waals surface area (Å²) in [6, 6.07) is 10.7. The van der Waals surface area contributed by atoms with E-state index in [1.54, 1.807) is 18.2 Å². The SMILES string of the molecule is CCCOC(=O)c1ccc(Nc2cc(Cl)ccc2C)c(N)c1. The highest BCUT2D eigenvalue weighted by atomic mass is 35.5. The molecule has 0 aliphatic rings. The van der Waals surface area contributed by atoms with Gasteiger partial charge in [-0.25, -0.2) is 4.79 Å². The molecule has 4 nitrogen and oxygen atoms in total. The molecule has 0 heterocycles. The number of anilines is 3. The molecule has 0 bridgehead atoms. The van der Waals surface area contributed by atoms with Crippen molar-refractivity contribution in [1.29, 1.82) is 0 Å². The number of hydrogen-bond donors (Lipinski definition) is 2. The first-order valence-electron chi connectivity index (χ1n) is 7.11. The molecule has 5 heteroatoms. The first kappa shape index (κ1) is 16.2. The molecule has 0 fully saturated rings. The van der Waals surface area contributed by atoms with Crippen molar-refractivity contribution < 1.29 is 9.53 Å². The van der Waals surface area contributed by atoms with Crippen molar-refractivity contribution in [2.45, 2.75) is 20.3 Å². The molecule has 0 aliphatic carbocycles. The van der Waals surface area contributed by atoms with Gasteiger partial charge in [0.2, 0.25) is 0 Å². The average molecular weight is 319 g/mol. The number of nitrogens with two attached hydrogens (primary N) is 1. The number of rotatable bonds is 5. The molecule has 0 unspecified atom stereocenters. The zero-order valence-electron chi connectivity index (χ0n) is 12.7. The summed E-state index contributed by atoms with van der Waals surface area (Å²) < 4.78 is 5.09. The number of carbonyl (C=O) groups is 1. The Labute approximate surface area is 135 Å². The molecule has 22 heavy (non-hydrogen) atoms. The van der Waals surface area contributed by atoms with Crippen LogP contribution in [0.5, 0.6) is 0 Å². The van der Waals surface area contributed by atoms with Gasteiger partial charge in [0, 0.05) is 10.7 Å². The summed E-state index contributed by atoms with van der Waals surface area (Å²) >= 11 is 6.01. The average Bonchev–Trinajstić information content (AvgIpc) is 2.50. The zero-order valence-corrected chi connectivity index (χ0v) is 13.4. The molecular formula is C17H19ClN2O2. The van der Waals surface area contributed by atoms with Crippen LogP contribution in [0.25, 0.3) is 0 Å². The molecule has 0 saturated heterocycles. The first-order valence-corrected chi connectivity index (χ1v) is 7.49. The largest absolute Gasteiger partial charge is 0.462 e. The number of ether oxygens (including phenoxy) is 1. The Morgan fingerprint density at radius 2 is 2.00 bits per heavy atom. The van der Waals surface area contributed by atoms with Gasteiger partial charge in [-0.05, 0) is 49.2 Å². The fourth-order valence-corrected chi connectivity index (χ4v) is 2.13. The van der Waals surface area contributed by atoms with Crippen LogP contribution in [0.4, 0.5) is 17.1 Å². The van der Waals surface area contributed by atoms with Gasteiger partial charge < -0.3 is 15.8 Å². The Kier molecular flexibility index (Phi) is 5.28. The van der Waals surface area contributed by atoms with Gasteiger partial charge in [-0.3, -0.25) is 0 Å². The number of carbonyl (C=O) groups excluding carboxylic acids is 1. The third kappa shape index (κ3) is 3.92. The van der Waals surface area contributed by atoms with E-state index < -0.39 is 0 Å². The van der Waals surface area contributed by atoms with E-state index in [1.165, 1.54) is 0 Å². The van der Waals surface area contributed by atoms with Gasteiger partial charge in [0.25, 0.3) is 0 Å². The van der Waals surface area contributed by atoms with Gasteiger partial charge in [-0.15, -0.1) is 0 Å². The number of aryl methyl sites for hydroxylation is 1. The third-order valence-corrected chi connectivity index (χ3v) is 3.43. The van der Waals surface area contributed by atoms with Crippen LogP contribution in [0.3, 0.4) is 0 Å². The number of nitrogen functional groups attached to an aromatic ring is 1. The molecule has 0 amide bonds. The highest BCUT2D eigenvalue weighted by Gasteiger charge is 2.10. The summed E-state index contributed by atoms with van der Waals surface area (Å²) in [6.07, 6.45) is 0.787. The lowest BCUT2D eigenvalue weighted by atomic mass is 10.1. The quantitative estimate of drug-likeness (QED) is 0.627. The molecule has 2 aromatic carbocycles.